The molecule has 1 aliphatic rings. The number of piperazine rings is 1. The van der Waals surface area contributed by atoms with E-state index in [9.17, 15) is 13.2 Å². The number of aliphatic imine (C=N–C) groups is 1. The van der Waals surface area contributed by atoms with Crippen LogP contribution in [0.4, 0.5) is 0 Å². The summed E-state index contributed by atoms with van der Waals surface area (Å²) in [6.07, 6.45) is 1.31. The molecule has 0 radical (unpaired) electrons. The summed E-state index contributed by atoms with van der Waals surface area (Å²) in [6, 6.07) is 4.13. The molecule has 1 aromatic rings. The maximum absolute atomic E-state index is 12.2. The predicted octanol–water partition coefficient (Wildman–Crippen LogP) is 2.49. The van der Waals surface area contributed by atoms with E-state index in [2.05, 4.69) is 63.6 Å². The Morgan fingerprint density at radius 2 is 1.39 bits per heavy atom. The van der Waals surface area contributed by atoms with Gasteiger partial charge in [0.15, 0.2) is 15.8 Å². The van der Waals surface area contributed by atoms with Crippen molar-refractivity contribution >= 4 is 21.7 Å². The molecule has 4 N–H and O–H groups in total. The summed E-state index contributed by atoms with van der Waals surface area (Å²) in [5.74, 6) is 0.782. The standard InChI is InChI=1S/C16H26O2S.C8H17N5O/c1-10(2)13-8-14(11(3)4)16(19(7,17)18)15(9-13)12(5)6;1-12-2-4-13(5-3-12)7(14)6-11-8(9)10/h8-12H,1-7H3;2-6H2,1H3,(H4,9,10,11). The van der Waals surface area contributed by atoms with Crippen molar-refractivity contribution in [1.29, 1.82) is 0 Å². The molecule has 1 amide bonds. The summed E-state index contributed by atoms with van der Waals surface area (Å²) < 4.78 is 24.3. The van der Waals surface area contributed by atoms with Crippen LogP contribution in [0.1, 0.15) is 76.0 Å². The van der Waals surface area contributed by atoms with Gasteiger partial charge in [0, 0.05) is 32.4 Å². The molecule has 1 saturated heterocycles. The second-order valence-electron chi connectivity index (χ2n) is 9.69. The van der Waals surface area contributed by atoms with Crippen molar-refractivity contribution in [3.8, 4) is 0 Å². The first kappa shape index (κ1) is 28.9. The van der Waals surface area contributed by atoms with Gasteiger partial charge in [0.1, 0.15) is 6.54 Å². The van der Waals surface area contributed by atoms with Crippen LogP contribution in [-0.4, -0.2) is 76.1 Å². The van der Waals surface area contributed by atoms with Gasteiger partial charge in [-0.2, -0.15) is 0 Å². The summed E-state index contributed by atoms with van der Waals surface area (Å²) >= 11 is 0. The Labute approximate surface area is 200 Å². The zero-order chi connectivity index (χ0) is 25.5. The summed E-state index contributed by atoms with van der Waals surface area (Å²) in [5.41, 5.74) is 13.4. The summed E-state index contributed by atoms with van der Waals surface area (Å²) in [5, 5.41) is 0. The molecule has 1 fully saturated rings. The summed E-state index contributed by atoms with van der Waals surface area (Å²) in [7, 11) is -1.16. The lowest BCUT2D eigenvalue weighted by atomic mass is 9.89. The molecule has 8 nitrogen and oxygen atoms in total. The van der Waals surface area contributed by atoms with E-state index in [1.54, 1.807) is 4.90 Å². The summed E-state index contributed by atoms with van der Waals surface area (Å²) in [6.45, 7) is 15.9. The highest BCUT2D eigenvalue weighted by Gasteiger charge is 2.23. The van der Waals surface area contributed by atoms with Gasteiger partial charge in [-0.25, -0.2) is 13.4 Å². The highest BCUT2D eigenvalue weighted by Crippen LogP contribution is 2.34. The molecule has 1 aromatic carbocycles. The molecular weight excluding hydrogens is 438 g/mol. The minimum atomic E-state index is -3.20. The van der Waals surface area contributed by atoms with Crippen molar-refractivity contribution in [3.05, 3.63) is 28.8 Å². The molecule has 2 rings (SSSR count). The van der Waals surface area contributed by atoms with Crippen LogP contribution in [0.5, 0.6) is 0 Å². The minimum Gasteiger partial charge on any atom is -0.370 e. The number of hydrogen-bond donors (Lipinski definition) is 2. The number of sulfone groups is 1. The Balaban J connectivity index is 0.000000346. The highest BCUT2D eigenvalue weighted by molar-refractivity contribution is 7.90. The predicted molar refractivity (Wildman–Crippen MR) is 137 cm³/mol. The number of hydrogen-bond acceptors (Lipinski definition) is 5. The average molecular weight is 482 g/mol. The molecule has 33 heavy (non-hydrogen) atoms. The van der Waals surface area contributed by atoms with Gasteiger partial charge in [-0.3, -0.25) is 4.79 Å². The largest absolute Gasteiger partial charge is 0.370 e. The first-order valence-corrected chi connectivity index (χ1v) is 13.4. The van der Waals surface area contributed by atoms with Gasteiger partial charge in [0.2, 0.25) is 5.91 Å². The molecule has 0 spiro atoms. The van der Waals surface area contributed by atoms with Crippen LogP contribution in [0, 0.1) is 0 Å². The van der Waals surface area contributed by atoms with E-state index < -0.39 is 9.84 Å². The monoisotopic (exact) mass is 481 g/mol. The van der Waals surface area contributed by atoms with Crippen molar-refractivity contribution in [2.75, 3.05) is 46.0 Å². The number of carbonyl (C=O) groups is 1. The molecule has 1 heterocycles. The van der Waals surface area contributed by atoms with Crippen LogP contribution in [0.15, 0.2) is 22.0 Å². The number of likely N-dealkylation sites (N-methyl/N-ethyl adjacent to an activating group) is 1. The lowest BCUT2D eigenvalue weighted by molar-refractivity contribution is -0.131. The van der Waals surface area contributed by atoms with E-state index >= 15 is 0 Å². The van der Waals surface area contributed by atoms with Crippen LogP contribution in [0.25, 0.3) is 0 Å². The fraction of sp³-hybridized carbons (Fsp3) is 0.667. The first-order valence-electron chi connectivity index (χ1n) is 11.5. The van der Waals surface area contributed by atoms with Gasteiger partial charge in [0.25, 0.3) is 0 Å². The molecular formula is C24H43N5O3S. The van der Waals surface area contributed by atoms with Crippen molar-refractivity contribution in [2.45, 2.75) is 64.2 Å². The van der Waals surface area contributed by atoms with Crippen molar-refractivity contribution in [3.63, 3.8) is 0 Å². The number of amides is 1. The molecule has 188 valence electrons. The zero-order valence-electron chi connectivity index (χ0n) is 21.6. The average Bonchev–Trinajstić information content (AvgIpc) is 2.71. The second-order valence-corrected chi connectivity index (χ2v) is 11.6. The van der Waals surface area contributed by atoms with E-state index in [1.165, 1.54) is 11.8 Å². The van der Waals surface area contributed by atoms with Gasteiger partial charge in [-0.05, 0) is 41.5 Å². The number of nitrogens with zero attached hydrogens (tertiary/aromatic N) is 3. The molecule has 0 bridgehead atoms. The molecule has 9 heteroatoms. The van der Waals surface area contributed by atoms with Gasteiger partial charge in [0.05, 0.1) is 4.90 Å². The fourth-order valence-electron chi connectivity index (χ4n) is 3.63. The number of nitrogens with two attached hydrogens (primary N) is 2. The Morgan fingerprint density at radius 3 is 1.73 bits per heavy atom. The third-order valence-electron chi connectivity index (χ3n) is 5.70. The molecule has 0 saturated carbocycles. The van der Waals surface area contributed by atoms with Crippen LogP contribution in [0.2, 0.25) is 0 Å². The van der Waals surface area contributed by atoms with Gasteiger partial charge >= 0.3 is 0 Å². The van der Waals surface area contributed by atoms with Crippen LogP contribution in [-0.2, 0) is 14.6 Å². The minimum absolute atomic E-state index is 0.00787. The van der Waals surface area contributed by atoms with Gasteiger partial charge in [-0.1, -0.05) is 53.7 Å². The highest BCUT2D eigenvalue weighted by atomic mass is 32.2. The number of guanidine groups is 1. The third kappa shape index (κ3) is 8.97. The second kappa shape index (κ2) is 12.4. The van der Waals surface area contributed by atoms with E-state index in [-0.39, 0.29) is 30.2 Å². The maximum Gasteiger partial charge on any atom is 0.244 e. The topological polar surface area (TPSA) is 122 Å². The van der Waals surface area contributed by atoms with E-state index in [0.717, 1.165) is 37.3 Å². The first-order chi connectivity index (χ1) is 15.1. The van der Waals surface area contributed by atoms with Crippen LogP contribution >= 0.6 is 0 Å². The van der Waals surface area contributed by atoms with E-state index in [4.69, 9.17) is 11.5 Å². The van der Waals surface area contributed by atoms with Crippen molar-refractivity contribution in [2.24, 2.45) is 16.5 Å². The fourth-order valence-corrected chi connectivity index (χ4v) is 5.08. The maximum atomic E-state index is 12.2. The lowest BCUT2D eigenvalue weighted by Crippen LogP contribution is -2.48. The number of carbonyl (C=O) groups excluding carboxylic acids is 1. The Bertz CT molecular complexity index is 898. The summed E-state index contributed by atoms with van der Waals surface area (Å²) in [4.78, 5) is 19.7. The smallest absolute Gasteiger partial charge is 0.244 e. The Kier molecular flexibility index (Phi) is 10.8. The molecule has 0 aliphatic carbocycles. The lowest BCUT2D eigenvalue weighted by Gasteiger charge is -2.32. The normalized spacial score (nSPS) is 14.9. The van der Waals surface area contributed by atoms with E-state index in [1.807, 2.05) is 7.05 Å². The molecule has 0 unspecified atom stereocenters. The molecule has 1 aliphatic heterocycles. The Hall–Kier alpha value is -2.13. The zero-order valence-corrected chi connectivity index (χ0v) is 22.4. The number of benzene rings is 1. The van der Waals surface area contributed by atoms with Crippen LogP contribution in [0.3, 0.4) is 0 Å². The van der Waals surface area contributed by atoms with Crippen molar-refractivity contribution < 1.29 is 13.2 Å². The van der Waals surface area contributed by atoms with E-state index in [0.29, 0.717) is 10.8 Å². The molecule has 0 aromatic heterocycles. The van der Waals surface area contributed by atoms with Crippen LogP contribution < -0.4 is 11.5 Å². The quantitative estimate of drug-likeness (QED) is 0.475. The SMILES string of the molecule is CC(C)c1cc(C(C)C)c(S(C)(=O)=O)c(C(C)C)c1.CN1CCN(C(=O)CN=C(N)N)CC1. The molecule has 0 atom stereocenters. The third-order valence-corrected chi connectivity index (χ3v) is 6.92. The number of rotatable bonds is 6. The Morgan fingerprint density at radius 1 is 0.939 bits per heavy atom. The van der Waals surface area contributed by atoms with Crippen molar-refractivity contribution in [1.82, 2.24) is 9.80 Å². The van der Waals surface area contributed by atoms with Gasteiger partial charge in [-0.15, -0.1) is 0 Å². The van der Waals surface area contributed by atoms with Gasteiger partial charge < -0.3 is 21.3 Å².